The average molecular weight is 220 g/mol. The van der Waals surface area contributed by atoms with Crippen LogP contribution in [0.2, 0.25) is 0 Å². The topological polar surface area (TPSA) is 41.1 Å². The molecule has 0 heterocycles. The summed E-state index contributed by atoms with van der Waals surface area (Å²) in [6, 6.07) is 8.37. The molecular weight excluding hydrogens is 200 g/mol. The van der Waals surface area contributed by atoms with Crippen molar-refractivity contribution in [2.24, 2.45) is 0 Å². The maximum Gasteiger partial charge on any atom is 0.233 e. The van der Waals surface area contributed by atoms with Crippen LogP contribution in [0.15, 0.2) is 24.3 Å². The Morgan fingerprint density at radius 3 is 2.75 bits per heavy atom. The second-order valence-corrected chi connectivity index (χ2v) is 3.91. The van der Waals surface area contributed by atoms with Crippen LogP contribution in [0, 0.1) is 6.92 Å². The smallest absolute Gasteiger partial charge is 0.233 e. The van der Waals surface area contributed by atoms with Crippen LogP contribution in [0.5, 0.6) is 0 Å². The predicted molar refractivity (Wildman–Crippen MR) is 66.4 cm³/mol. The second-order valence-electron chi connectivity index (χ2n) is 3.91. The molecule has 0 saturated heterocycles. The molecule has 0 saturated carbocycles. The molecule has 0 aliphatic rings. The summed E-state index contributed by atoms with van der Waals surface area (Å²) in [5, 5.41) is 5.69. The van der Waals surface area contributed by atoms with E-state index in [1.54, 1.807) is 7.05 Å². The third-order valence-electron chi connectivity index (χ3n) is 2.54. The lowest BCUT2D eigenvalue weighted by molar-refractivity contribution is -0.120. The van der Waals surface area contributed by atoms with Gasteiger partial charge in [-0.1, -0.05) is 24.3 Å². The molecule has 0 aliphatic heterocycles. The van der Waals surface area contributed by atoms with Gasteiger partial charge in [0.1, 0.15) is 0 Å². The summed E-state index contributed by atoms with van der Waals surface area (Å²) >= 11 is 0. The van der Waals surface area contributed by atoms with Crippen molar-refractivity contribution >= 4 is 5.91 Å². The molecule has 1 rings (SSSR count). The lowest BCUT2D eigenvalue weighted by Crippen LogP contribution is -2.32. The minimum absolute atomic E-state index is 0.0623. The first kappa shape index (κ1) is 12.7. The van der Waals surface area contributed by atoms with Gasteiger partial charge < -0.3 is 10.6 Å². The molecule has 3 heteroatoms. The van der Waals surface area contributed by atoms with Gasteiger partial charge in [0.25, 0.3) is 0 Å². The van der Waals surface area contributed by atoms with E-state index in [0.717, 1.165) is 19.4 Å². The number of hydrogen-bond donors (Lipinski definition) is 2. The SMILES string of the molecule is CNCC(=O)NCCCc1ccccc1C. The van der Waals surface area contributed by atoms with Crippen molar-refractivity contribution in [3.63, 3.8) is 0 Å². The van der Waals surface area contributed by atoms with E-state index in [4.69, 9.17) is 0 Å². The molecule has 1 aromatic carbocycles. The van der Waals surface area contributed by atoms with Crippen molar-refractivity contribution < 1.29 is 4.79 Å². The Kier molecular flexibility index (Phi) is 5.57. The number of likely N-dealkylation sites (N-methyl/N-ethyl adjacent to an activating group) is 1. The van der Waals surface area contributed by atoms with Crippen molar-refractivity contribution in [2.45, 2.75) is 19.8 Å². The Morgan fingerprint density at radius 2 is 2.06 bits per heavy atom. The van der Waals surface area contributed by atoms with E-state index in [1.807, 2.05) is 6.07 Å². The summed E-state index contributed by atoms with van der Waals surface area (Å²) in [5.41, 5.74) is 2.69. The zero-order valence-corrected chi connectivity index (χ0v) is 10.0. The zero-order chi connectivity index (χ0) is 11.8. The summed E-state index contributed by atoms with van der Waals surface area (Å²) in [6.45, 7) is 3.26. The highest BCUT2D eigenvalue weighted by Crippen LogP contribution is 2.08. The Labute approximate surface area is 97.2 Å². The Hall–Kier alpha value is -1.35. The Morgan fingerprint density at radius 1 is 1.31 bits per heavy atom. The highest BCUT2D eigenvalue weighted by molar-refractivity contribution is 5.77. The van der Waals surface area contributed by atoms with Gasteiger partial charge in [-0.25, -0.2) is 0 Å². The summed E-state index contributed by atoms with van der Waals surface area (Å²) in [6.07, 6.45) is 2.01. The maximum absolute atomic E-state index is 11.1. The lowest BCUT2D eigenvalue weighted by Gasteiger charge is -2.06. The third kappa shape index (κ3) is 4.45. The third-order valence-corrected chi connectivity index (χ3v) is 2.54. The van der Waals surface area contributed by atoms with E-state index in [1.165, 1.54) is 11.1 Å². The van der Waals surface area contributed by atoms with Crippen LogP contribution in [0.4, 0.5) is 0 Å². The largest absolute Gasteiger partial charge is 0.355 e. The molecule has 1 amide bonds. The number of aryl methyl sites for hydroxylation is 2. The summed E-state index contributed by atoms with van der Waals surface area (Å²) in [4.78, 5) is 11.1. The molecule has 0 atom stereocenters. The van der Waals surface area contributed by atoms with Crippen molar-refractivity contribution in [1.82, 2.24) is 10.6 Å². The van der Waals surface area contributed by atoms with Gasteiger partial charge in [-0.2, -0.15) is 0 Å². The highest BCUT2D eigenvalue weighted by atomic mass is 16.1. The zero-order valence-electron chi connectivity index (χ0n) is 10.0. The van der Waals surface area contributed by atoms with Crippen LogP contribution in [0.25, 0.3) is 0 Å². The molecule has 0 bridgehead atoms. The molecule has 0 radical (unpaired) electrons. The van der Waals surface area contributed by atoms with Gasteiger partial charge in [0, 0.05) is 6.54 Å². The molecule has 0 unspecified atom stereocenters. The van der Waals surface area contributed by atoms with E-state index >= 15 is 0 Å². The molecule has 16 heavy (non-hydrogen) atoms. The number of carbonyl (C=O) groups is 1. The first-order valence-electron chi connectivity index (χ1n) is 5.70. The number of rotatable bonds is 6. The molecular formula is C13H20N2O. The maximum atomic E-state index is 11.1. The van der Waals surface area contributed by atoms with Gasteiger partial charge in [0.05, 0.1) is 6.54 Å². The van der Waals surface area contributed by atoms with Gasteiger partial charge in [-0.3, -0.25) is 4.79 Å². The molecule has 2 N–H and O–H groups in total. The number of benzene rings is 1. The van der Waals surface area contributed by atoms with E-state index < -0.39 is 0 Å². The van der Waals surface area contributed by atoms with Gasteiger partial charge >= 0.3 is 0 Å². The molecule has 3 nitrogen and oxygen atoms in total. The molecule has 0 aromatic heterocycles. The Balaban J connectivity index is 2.21. The minimum Gasteiger partial charge on any atom is -0.355 e. The van der Waals surface area contributed by atoms with Gasteiger partial charge in [0.2, 0.25) is 5.91 Å². The molecule has 0 fully saturated rings. The minimum atomic E-state index is 0.0623. The van der Waals surface area contributed by atoms with Gasteiger partial charge in [-0.15, -0.1) is 0 Å². The van der Waals surface area contributed by atoms with Crippen LogP contribution >= 0.6 is 0 Å². The predicted octanol–water partition coefficient (Wildman–Crippen LogP) is 1.26. The highest BCUT2D eigenvalue weighted by Gasteiger charge is 1.99. The molecule has 0 spiro atoms. The Bertz CT molecular complexity index is 336. The van der Waals surface area contributed by atoms with Crippen LogP contribution < -0.4 is 10.6 Å². The van der Waals surface area contributed by atoms with Crippen molar-refractivity contribution in [3.05, 3.63) is 35.4 Å². The lowest BCUT2D eigenvalue weighted by atomic mass is 10.0. The first-order valence-corrected chi connectivity index (χ1v) is 5.70. The van der Waals surface area contributed by atoms with E-state index in [0.29, 0.717) is 6.54 Å². The number of amides is 1. The molecule has 0 aliphatic carbocycles. The fourth-order valence-corrected chi connectivity index (χ4v) is 1.62. The fraction of sp³-hybridized carbons (Fsp3) is 0.462. The van der Waals surface area contributed by atoms with Crippen LogP contribution in [0.3, 0.4) is 0 Å². The normalized spacial score (nSPS) is 10.1. The summed E-state index contributed by atoms with van der Waals surface area (Å²) in [5.74, 6) is 0.0623. The number of hydrogen-bond acceptors (Lipinski definition) is 2. The average Bonchev–Trinajstić information content (AvgIpc) is 2.27. The molecule has 1 aromatic rings. The number of carbonyl (C=O) groups excluding carboxylic acids is 1. The van der Waals surface area contributed by atoms with Crippen molar-refractivity contribution in [1.29, 1.82) is 0 Å². The van der Waals surface area contributed by atoms with Crippen molar-refractivity contribution in [2.75, 3.05) is 20.1 Å². The summed E-state index contributed by atoms with van der Waals surface area (Å²) < 4.78 is 0. The monoisotopic (exact) mass is 220 g/mol. The van der Waals surface area contributed by atoms with Crippen LogP contribution in [-0.2, 0) is 11.2 Å². The van der Waals surface area contributed by atoms with Crippen LogP contribution in [-0.4, -0.2) is 26.0 Å². The summed E-state index contributed by atoms with van der Waals surface area (Å²) in [7, 11) is 1.77. The van der Waals surface area contributed by atoms with E-state index in [9.17, 15) is 4.79 Å². The number of nitrogens with one attached hydrogen (secondary N) is 2. The van der Waals surface area contributed by atoms with Gasteiger partial charge in [-0.05, 0) is 37.9 Å². The standard InChI is InChI=1S/C13H20N2O/c1-11-6-3-4-7-12(11)8-5-9-15-13(16)10-14-2/h3-4,6-7,14H,5,8-10H2,1-2H3,(H,15,16). The van der Waals surface area contributed by atoms with E-state index in [2.05, 4.69) is 35.8 Å². The molecule has 88 valence electrons. The fourth-order valence-electron chi connectivity index (χ4n) is 1.62. The second kappa shape index (κ2) is 7.01. The quantitative estimate of drug-likeness (QED) is 0.709. The van der Waals surface area contributed by atoms with Crippen LogP contribution in [0.1, 0.15) is 17.5 Å². The van der Waals surface area contributed by atoms with Crippen molar-refractivity contribution in [3.8, 4) is 0 Å². The van der Waals surface area contributed by atoms with Gasteiger partial charge in [0.15, 0.2) is 0 Å². The van der Waals surface area contributed by atoms with E-state index in [-0.39, 0.29) is 5.91 Å². The first-order chi connectivity index (χ1) is 7.74.